The molecule has 0 amide bonds. The number of hydrogen-bond acceptors (Lipinski definition) is 8. The predicted octanol–water partition coefficient (Wildman–Crippen LogP) is 5.74. The number of anilines is 1. The first-order valence-corrected chi connectivity index (χ1v) is 15.4. The van der Waals surface area contributed by atoms with Crippen LogP contribution in [-0.4, -0.2) is 85.5 Å². The second-order valence-electron chi connectivity index (χ2n) is 11.9. The second kappa shape index (κ2) is 13.2. The Bertz CT molecular complexity index is 1260. The Morgan fingerprint density at radius 3 is 2.38 bits per heavy atom. The molecule has 3 heterocycles. The number of piperidine rings is 1. The van der Waals surface area contributed by atoms with Gasteiger partial charge in [-0.3, -0.25) is 0 Å². The van der Waals surface area contributed by atoms with Crippen molar-refractivity contribution in [3.63, 3.8) is 0 Å². The summed E-state index contributed by atoms with van der Waals surface area (Å²) in [6.07, 6.45) is 3.15. The summed E-state index contributed by atoms with van der Waals surface area (Å²) in [5.41, 5.74) is 2.26. The van der Waals surface area contributed by atoms with E-state index in [1.807, 2.05) is 0 Å². The average molecular weight is 593 g/mol. The number of esters is 1. The first kappa shape index (κ1) is 30.7. The van der Waals surface area contributed by atoms with Gasteiger partial charge in [-0.2, -0.15) is 13.2 Å². The highest BCUT2D eigenvalue weighted by atomic mass is 19.4. The zero-order valence-electron chi connectivity index (χ0n) is 24.9. The molecule has 2 saturated heterocycles. The molecule has 11 heteroatoms. The normalized spacial score (nSPS) is 18.8. The zero-order chi connectivity index (χ0) is 29.9. The molecule has 0 radical (unpaired) electrons. The van der Waals surface area contributed by atoms with Gasteiger partial charge in [0.05, 0.1) is 24.6 Å². The van der Waals surface area contributed by atoms with Crippen molar-refractivity contribution in [1.29, 1.82) is 0 Å². The van der Waals surface area contributed by atoms with Crippen molar-refractivity contribution in [2.75, 3.05) is 51.8 Å². The van der Waals surface area contributed by atoms with Gasteiger partial charge in [0, 0.05) is 37.8 Å². The highest BCUT2D eigenvalue weighted by Crippen LogP contribution is 2.48. The highest BCUT2D eigenvalue weighted by Gasteiger charge is 2.43. The number of halogens is 3. The van der Waals surface area contributed by atoms with Gasteiger partial charge in [0.1, 0.15) is 5.82 Å². The number of nitrogens with one attached hydrogen (secondary N) is 1. The number of benzene rings is 1. The predicted molar refractivity (Wildman–Crippen MR) is 156 cm³/mol. The minimum Gasteiger partial charge on any atom is -0.490 e. The van der Waals surface area contributed by atoms with Crippen LogP contribution in [0.5, 0.6) is 17.2 Å². The maximum Gasteiger partial charge on any atom is 0.491 e. The van der Waals surface area contributed by atoms with Crippen molar-refractivity contribution in [2.45, 2.75) is 89.9 Å². The molecule has 1 aliphatic carbocycles. The first-order chi connectivity index (χ1) is 20.2. The van der Waals surface area contributed by atoms with Crippen molar-refractivity contribution >= 4 is 22.7 Å². The van der Waals surface area contributed by atoms with Gasteiger partial charge in [-0.05, 0) is 95.9 Å². The third-order valence-electron chi connectivity index (χ3n) is 8.77. The molecule has 0 atom stereocenters. The Labute approximate surface area is 245 Å². The van der Waals surface area contributed by atoms with Crippen LogP contribution < -0.4 is 19.5 Å². The van der Waals surface area contributed by atoms with E-state index >= 15 is 0 Å². The summed E-state index contributed by atoms with van der Waals surface area (Å²) in [6, 6.07) is 2.47. The molecule has 232 valence electrons. The molecule has 0 saturated carbocycles. The van der Waals surface area contributed by atoms with Gasteiger partial charge in [-0.15, -0.1) is 0 Å². The van der Waals surface area contributed by atoms with Crippen LogP contribution in [0, 0.1) is 0 Å². The Balaban J connectivity index is 1.51. The SMILES string of the molecule is COc1c(OCCCN2CCCC2)cc2nc(NC3CCN(C(C)C)CC3)c3c(c2c1OC(=O)C(F)(F)F)CCCC3. The number of fused-ring (bicyclic) bond motifs is 3. The molecule has 2 aromatic rings. The molecular weight excluding hydrogens is 549 g/mol. The summed E-state index contributed by atoms with van der Waals surface area (Å²) in [7, 11) is 1.35. The molecule has 0 bridgehead atoms. The van der Waals surface area contributed by atoms with Crippen LogP contribution in [0.1, 0.15) is 69.9 Å². The Kier molecular flexibility index (Phi) is 9.67. The average Bonchev–Trinajstić information content (AvgIpc) is 3.49. The van der Waals surface area contributed by atoms with Crippen LogP contribution >= 0.6 is 0 Å². The van der Waals surface area contributed by atoms with E-state index in [1.54, 1.807) is 6.07 Å². The van der Waals surface area contributed by atoms with Crippen LogP contribution in [0.15, 0.2) is 6.07 Å². The molecule has 3 aliphatic rings. The van der Waals surface area contributed by atoms with Crippen LogP contribution in [-0.2, 0) is 17.6 Å². The number of pyridine rings is 1. The second-order valence-corrected chi connectivity index (χ2v) is 11.9. The molecule has 0 spiro atoms. The van der Waals surface area contributed by atoms with Crippen LogP contribution in [0.3, 0.4) is 0 Å². The minimum absolute atomic E-state index is 0.0161. The van der Waals surface area contributed by atoms with Crippen molar-refractivity contribution in [3.05, 3.63) is 17.2 Å². The summed E-state index contributed by atoms with van der Waals surface area (Å²) < 4.78 is 57.0. The summed E-state index contributed by atoms with van der Waals surface area (Å²) in [6.45, 7) is 9.76. The van der Waals surface area contributed by atoms with Crippen LogP contribution in [0.4, 0.5) is 19.0 Å². The monoisotopic (exact) mass is 592 g/mol. The summed E-state index contributed by atoms with van der Waals surface area (Å²) in [5.74, 6) is -1.60. The number of methoxy groups -OCH3 is 1. The fourth-order valence-corrected chi connectivity index (χ4v) is 6.51. The lowest BCUT2D eigenvalue weighted by Gasteiger charge is -2.35. The number of likely N-dealkylation sites (tertiary alicyclic amines) is 2. The maximum atomic E-state index is 13.4. The summed E-state index contributed by atoms with van der Waals surface area (Å²) in [5, 5.41) is 4.07. The molecule has 0 unspecified atom stereocenters. The van der Waals surface area contributed by atoms with E-state index in [4.69, 9.17) is 19.2 Å². The van der Waals surface area contributed by atoms with Gasteiger partial charge in [0.2, 0.25) is 5.75 Å². The summed E-state index contributed by atoms with van der Waals surface area (Å²) in [4.78, 5) is 21.9. The number of alkyl halides is 3. The third kappa shape index (κ3) is 6.88. The third-order valence-corrected chi connectivity index (χ3v) is 8.77. The van der Waals surface area contributed by atoms with E-state index in [1.165, 1.54) is 20.0 Å². The number of carbonyl (C=O) groups is 1. The van der Waals surface area contributed by atoms with Crippen LogP contribution in [0.25, 0.3) is 10.9 Å². The largest absolute Gasteiger partial charge is 0.491 e. The zero-order valence-corrected chi connectivity index (χ0v) is 24.9. The van der Waals surface area contributed by atoms with E-state index in [2.05, 4.69) is 29.0 Å². The molecule has 5 rings (SSSR count). The Morgan fingerprint density at radius 2 is 1.74 bits per heavy atom. The molecular formula is C31H43F3N4O4. The van der Waals surface area contributed by atoms with Gasteiger partial charge < -0.3 is 29.3 Å². The molecule has 2 aliphatic heterocycles. The Morgan fingerprint density at radius 1 is 1.05 bits per heavy atom. The smallest absolute Gasteiger partial charge is 0.490 e. The van der Waals surface area contributed by atoms with E-state index in [-0.39, 0.29) is 23.3 Å². The molecule has 2 fully saturated rings. The quantitative estimate of drug-likeness (QED) is 0.213. The number of ether oxygens (including phenoxy) is 3. The van der Waals surface area contributed by atoms with Gasteiger partial charge in [0.15, 0.2) is 11.5 Å². The molecule has 42 heavy (non-hydrogen) atoms. The van der Waals surface area contributed by atoms with Gasteiger partial charge in [-0.1, -0.05) is 0 Å². The molecule has 8 nitrogen and oxygen atoms in total. The number of rotatable bonds is 10. The lowest BCUT2D eigenvalue weighted by molar-refractivity contribution is -0.189. The van der Waals surface area contributed by atoms with Crippen molar-refractivity contribution in [2.24, 2.45) is 0 Å². The van der Waals surface area contributed by atoms with Gasteiger partial charge in [-0.25, -0.2) is 9.78 Å². The van der Waals surface area contributed by atoms with Crippen molar-refractivity contribution < 1.29 is 32.2 Å². The Hall–Kier alpha value is -2.79. The number of nitrogens with zero attached hydrogens (tertiary/aromatic N) is 3. The standard InChI is InChI=1S/C31H43F3N4O4/c1-20(2)38-16-11-21(12-17-38)35-29-23-10-5-4-9-22(23)26-24(36-29)19-25(41-18-8-15-37-13-6-7-14-37)27(40-3)28(26)42-30(39)31(32,33)34/h19-21H,4-18H2,1-3H3,(H,35,36). The molecule has 1 N–H and O–H groups in total. The van der Waals surface area contributed by atoms with Crippen LogP contribution in [0.2, 0.25) is 0 Å². The maximum absolute atomic E-state index is 13.4. The lowest BCUT2D eigenvalue weighted by atomic mass is 9.88. The topological polar surface area (TPSA) is 76.2 Å². The van der Waals surface area contributed by atoms with Gasteiger partial charge in [0.25, 0.3) is 0 Å². The first-order valence-electron chi connectivity index (χ1n) is 15.4. The van der Waals surface area contributed by atoms with Crippen molar-refractivity contribution in [3.8, 4) is 17.2 Å². The van der Waals surface area contributed by atoms with E-state index < -0.39 is 12.1 Å². The fourth-order valence-electron chi connectivity index (χ4n) is 6.51. The number of carbonyl (C=O) groups excluding carboxylic acids is 1. The molecule has 1 aromatic heterocycles. The fraction of sp³-hybridized carbons (Fsp3) is 0.677. The van der Waals surface area contributed by atoms with Gasteiger partial charge >= 0.3 is 12.1 Å². The van der Waals surface area contributed by atoms with Crippen molar-refractivity contribution in [1.82, 2.24) is 14.8 Å². The minimum atomic E-state index is -5.16. The van der Waals surface area contributed by atoms with E-state index in [0.29, 0.717) is 30.0 Å². The molecule has 1 aromatic carbocycles. The lowest BCUT2D eigenvalue weighted by Crippen LogP contribution is -2.42. The summed E-state index contributed by atoms with van der Waals surface area (Å²) >= 11 is 0. The van der Waals surface area contributed by atoms with E-state index in [9.17, 15) is 18.0 Å². The number of hydrogen-bond donors (Lipinski definition) is 1. The van der Waals surface area contributed by atoms with E-state index in [0.717, 1.165) is 88.2 Å². The number of aromatic nitrogens is 1. The number of aryl methyl sites for hydroxylation is 1. The highest BCUT2D eigenvalue weighted by molar-refractivity contribution is 5.97.